The fourth-order valence-corrected chi connectivity index (χ4v) is 2.86. The summed E-state index contributed by atoms with van der Waals surface area (Å²) in [5, 5.41) is 10.8. The van der Waals surface area contributed by atoms with Gasteiger partial charge in [0.25, 0.3) is 5.69 Å². The quantitative estimate of drug-likeness (QED) is 0.434. The molecule has 120 valence electrons. The Morgan fingerprint density at radius 1 is 1.13 bits per heavy atom. The Morgan fingerprint density at radius 2 is 1.78 bits per heavy atom. The number of non-ortho nitro benzene ring substituents is 1. The van der Waals surface area contributed by atoms with Gasteiger partial charge in [0, 0.05) is 12.1 Å². The lowest BCUT2D eigenvalue weighted by atomic mass is 9.91. The number of hydrogen-bond acceptors (Lipinski definition) is 5. The van der Waals surface area contributed by atoms with Crippen molar-refractivity contribution in [3.05, 3.63) is 62.1 Å². The zero-order chi connectivity index (χ0) is 17.0. The van der Waals surface area contributed by atoms with Crippen LogP contribution in [-0.4, -0.2) is 25.4 Å². The number of aldehydes is 1. The normalized spacial score (nSPS) is 11.6. The fraction of sp³-hybridized carbons (Fsp3) is 0.188. The van der Waals surface area contributed by atoms with Crippen LogP contribution in [0.2, 0.25) is 0 Å². The van der Waals surface area contributed by atoms with Gasteiger partial charge >= 0.3 is 0 Å². The van der Waals surface area contributed by atoms with Gasteiger partial charge in [0.15, 0.2) is 0 Å². The van der Waals surface area contributed by atoms with Crippen molar-refractivity contribution in [3.63, 3.8) is 0 Å². The van der Waals surface area contributed by atoms with E-state index in [0.29, 0.717) is 27.1 Å². The van der Waals surface area contributed by atoms with Gasteiger partial charge in [-0.05, 0) is 33.6 Å². The third kappa shape index (κ3) is 3.34. The number of hydrogen-bond donors (Lipinski definition) is 0. The van der Waals surface area contributed by atoms with Crippen molar-refractivity contribution in [1.82, 2.24) is 0 Å². The largest absolute Gasteiger partial charge is 0.496 e. The van der Waals surface area contributed by atoms with Crippen molar-refractivity contribution in [2.45, 2.75) is 5.92 Å². The molecule has 0 radical (unpaired) electrons. The zero-order valence-electron chi connectivity index (χ0n) is 12.5. The van der Waals surface area contributed by atoms with Crippen LogP contribution in [0.25, 0.3) is 0 Å². The summed E-state index contributed by atoms with van der Waals surface area (Å²) >= 11 is 3.39. The summed E-state index contributed by atoms with van der Waals surface area (Å²) in [6.07, 6.45) is 0.758. The molecule has 0 bridgehead atoms. The van der Waals surface area contributed by atoms with Crippen LogP contribution in [0.1, 0.15) is 17.0 Å². The Bertz CT molecular complexity index is 730. The smallest absolute Gasteiger partial charge is 0.269 e. The van der Waals surface area contributed by atoms with Gasteiger partial charge in [-0.15, -0.1) is 0 Å². The molecule has 2 aromatic carbocycles. The summed E-state index contributed by atoms with van der Waals surface area (Å²) in [5.74, 6) is 0.318. The highest BCUT2D eigenvalue weighted by molar-refractivity contribution is 9.10. The van der Waals surface area contributed by atoms with E-state index in [0.717, 1.165) is 6.29 Å². The number of carbonyl (C=O) groups is 1. The summed E-state index contributed by atoms with van der Waals surface area (Å²) in [6, 6.07) is 9.32. The fourth-order valence-electron chi connectivity index (χ4n) is 2.35. The molecule has 7 heteroatoms. The predicted molar refractivity (Wildman–Crippen MR) is 88.2 cm³/mol. The van der Waals surface area contributed by atoms with Crippen molar-refractivity contribution >= 4 is 27.9 Å². The van der Waals surface area contributed by atoms with E-state index in [1.165, 1.54) is 26.4 Å². The van der Waals surface area contributed by atoms with Crippen molar-refractivity contribution < 1.29 is 19.2 Å². The second-order valence-corrected chi connectivity index (χ2v) is 5.51. The zero-order valence-corrected chi connectivity index (χ0v) is 14.1. The van der Waals surface area contributed by atoms with E-state index < -0.39 is 10.8 Å². The van der Waals surface area contributed by atoms with Crippen molar-refractivity contribution in [3.8, 4) is 11.5 Å². The van der Waals surface area contributed by atoms with E-state index in [-0.39, 0.29) is 5.69 Å². The maximum atomic E-state index is 11.7. The first-order valence-corrected chi connectivity index (χ1v) is 7.42. The van der Waals surface area contributed by atoms with Crippen molar-refractivity contribution in [2.24, 2.45) is 0 Å². The molecule has 0 amide bonds. The number of nitrogens with zero attached hydrogens (tertiary/aromatic N) is 1. The Kier molecular flexibility index (Phi) is 5.33. The van der Waals surface area contributed by atoms with E-state index >= 15 is 0 Å². The van der Waals surface area contributed by atoms with Crippen LogP contribution in [0.4, 0.5) is 5.69 Å². The van der Waals surface area contributed by atoms with Crippen LogP contribution in [0, 0.1) is 10.1 Å². The second-order valence-electron chi connectivity index (χ2n) is 4.66. The van der Waals surface area contributed by atoms with Crippen molar-refractivity contribution in [1.29, 1.82) is 0 Å². The molecule has 0 aliphatic heterocycles. The molecule has 0 aliphatic rings. The number of ether oxygens (including phenoxy) is 2. The minimum absolute atomic E-state index is 0.0356. The average Bonchev–Trinajstić information content (AvgIpc) is 2.56. The highest BCUT2D eigenvalue weighted by Crippen LogP contribution is 2.42. The van der Waals surface area contributed by atoms with E-state index in [4.69, 9.17) is 9.47 Å². The Hall–Kier alpha value is -2.41. The first-order valence-electron chi connectivity index (χ1n) is 6.63. The molecule has 2 aromatic rings. The maximum Gasteiger partial charge on any atom is 0.269 e. The van der Waals surface area contributed by atoms with Gasteiger partial charge in [-0.3, -0.25) is 10.1 Å². The summed E-state index contributed by atoms with van der Waals surface area (Å²) in [5.41, 5.74) is 1.14. The number of carbonyl (C=O) groups excluding carboxylic acids is 1. The minimum Gasteiger partial charge on any atom is -0.496 e. The average molecular weight is 380 g/mol. The Labute approximate surface area is 141 Å². The van der Waals surface area contributed by atoms with Crippen LogP contribution in [0.3, 0.4) is 0 Å². The molecule has 0 aliphatic carbocycles. The van der Waals surface area contributed by atoms with E-state index in [2.05, 4.69) is 15.9 Å². The number of halogens is 1. The van der Waals surface area contributed by atoms with Gasteiger partial charge in [0.2, 0.25) is 0 Å². The second kappa shape index (κ2) is 7.23. The molecule has 0 saturated carbocycles. The van der Waals surface area contributed by atoms with Gasteiger partial charge in [-0.2, -0.15) is 0 Å². The van der Waals surface area contributed by atoms with E-state index in [1.54, 1.807) is 24.3 Å². The lowest BCUT2D eigenvalue weighted by molar-refractivity contribution is -0.384. The number of nitro benzene ring substituents is 1. The third-order valence-corrected chi connectivity index (χ3v) is 4.07. The van der Waals surface area contributed by atoms with Gasteiger partial charge in [0.05, 0.1) is 35.1 Å². The van der Waals surface area contributed by atoms with Crippen LogP contribution >= 0.6 is 15.9 Å². The molecule has 0 saturated heterocycles. The molecule has 2 rings (SSSR count). The van der Waals surface area contributed by atoms with Gasteiger partial charge in [0.1, 0.15) is 17.8 Å². The van der Waals surface area contributed by atoms with E-state index in [9.17, 15) is 14.9 Å². The third-order valence-electron chi connectivity index (χ3n) is 3.44. The summed E-state index contributed by atoms with van der Waals surface area (Å²) in [4.78, 5) is 22.0. The molecular weight excluding hydrogens is 366 g/mol. The topological polar surface area (TPSA) is 78.7 Å². The van der Waals surface area contributed by atoms with Crippen molar-refractivity contribution in [2.75, 3.05) is 14.2 Å². The molecule has 0 spiro atoms. The molecule has 1 unspecified atom stereocenters. The molecule has 0 N–H and O–H groups in total. The summed E-state index contributed by atoms with van der Waals surface area (Å²) in [7, 11) is 3.00. The lowest BCUT2D eigenvalue weighted by Gasteiger charge is -2.19. The Balaban J connectivity index is 2.59. The number of benzene rings is 2. The highest BCUT2D eigenvalue weighted by Gasteiger charge is 2.24. The van der Waals surface area contributed by atoms with Crippen LogP contribution in [-0.2, 0) is 4.79 Å². The first-order chi connectivity index (χ1) is 11.0. The predicted octanol–water partition coefficient (Wildman–Crippen LogP) is 3.71. The molecular formula is C16H14BrNO5. The van der Waals surface area contributed by atoms with Gasteiger partial charge in [-0.25, -0.2) is 0 Å². The summed E-state index contributed by atoms with van der Waals surface area (Å²) < 4.78 is 11.4. The molecule has 0 fully saturated rings. The molecule has 0 aromatic heterocycles. The first kappa shape index (κ1) is 17.0. The summed E-state index contributed by atoms with van der Waals surface area (Å²) in [6.45, 7) is 0. The monoisotopic (exact) mass is 379 g/mol. The Morgan fingerprint density at radius 3 is 2.26 bits per heavy atom. The number of methoxy groups -OCH3 is 2. The van der Waals surface area contributed by atoms with Crippen LogP contribution in [0.15, 0.2) is 40.9 Å². The minimum atomic E-state index is -0.668. The van der Waals surface area contributed by atoms with Gasteiger partial charge < -0.3 is 14.3 Å². The van der Waals surface area contributed by atoms with Gasteiger partial charge in [-0.1, -0.05) is 12.1 Å². The van der Waals surface area contributed by atoms with E-state index in [1.807, 2.05) is 0 Å². The highest BCUT2D eigenvalue weighted by atomic mass is 79.9. The number of nitro groups is 1. The molecule has 1 atom stereocenters. The molecule has 23 heavy (non-hydrogen) atoms. The lowest BCUT2D eigenvalue weighted by Crippen LogP contribution is -2.07. The molecule has 0 heterocycles. The van der Waals surface area contributed by atoms with Crippen LogP contribution in [0.5, 0.6) is 11.5 Å². The maximum absolute atomic E-state index is 11.7. The number of rotatable bonds is 6. The SMILES string of the molecule is COc1ccc(Br)c(OC)c1C(C=O)c1ccc([N+](=O)[O-])cc1. The standard InChI is InChI=1S/C16H14BrNO5/c1-22-14-8-7-13(17)16(23-2)15(14)12(9-19)10-3-5-11(6-4-10)18(20)21/h3-9,12H,1-2H3. The van der Waals surface area contributed by atoms with Crippen LogP contribution < -0.4 is 9.47 Å². The molecule has 6 nitrogen and oxygen atoms in total.